The number of allylic oxidation sites excluding steroid dienone is 4. The lowest BCUT2D eigenvalue weighted by molar-refractivity contribution is 0.851. The molecule has 0 N–H and O–H groups in total. The van der Waals surface area contributed by atoms with Gasteiger partial charge in [0.1, 0.15) is 0 Å². The predicted octanol–water partition coefficient (Wildman–Crippen LogP) is 6.54. The minimum absolute atomic E-state index is 0.441. The smallest absolute Gasteiger partial charge is 0.0636 e. The van der Waals surface area contributed by atoms with Crippen molar-refractivity contribution >= 4 is 23.6 Å². The summed E-state index contributed by atoms with van der Waals surface area (Å²) in [6, 6.07) is 23.4. The molecule has 33 heavy (non-hydrogen) atoms. The van der Waals surface area contributed by atoms with Crippen LogP contribution in [-0.4, -0.2) is 8.07 Å². The lowest BCUT2D eigenvalue weighted by Crippen LogP contribution is -2.71. The highest BCUT2D eigenvalue weighted by Crippen LogP contribution is 2.42. The van der Waals surface area contributed by atoms with E-state index >= 15 is 0 Å². The van der Waals surface area contributed by atoms with Crippen LogP contribution in [0.3, 0.4) is 0 Å². The van der Waals surface area contributed by atoms with Gasteiger partial charge in [0.25, 0.3) is 0 Å². The molecule has 1 heteroatoms. The maximum absolute atomic E-state index is 2.56. The predicted molar refractivity (Wildman–Crippen MR) is 148 cm³/mol. The zero-order chi connectivity index (χ0) is 24.1. The van der Waals surface area contributed by atoms with Crippen molar-refractivity contribution in [2.75, 3.05) is 0 Å². The van der Waals surface area contributed by atoms with Crippen LogP contribution in [0.2, 0.25) is 0 Å². The summed E-state index contributed by atoms with van der Waals surface area (Å²) in [5.74, 6) is 0.441. The fraction of sp³-hybridized carbons (Fsp3) is 0.312. The van der Waals surface area contributed by atoms with E-state index in [1.165, 1.54) is 54.9 Å². The van der Waals surface area contributed by atoms with Crippen molar-refractivity contribution in [2.24, 2.45) is 5.92 Å². The van der Waals surface area contributed by atoms with E-state index in [1.54, 1.807) is 10.4 Å². The van der Waals surface area contributed by atoms with Crippen molar-refractivity contribution in [3.63, 3.8) is 0 Å². The van der Waals surface area contributed by atoms with Gasteiger partial charge < -0.3 is 0 Å². The first-order chi connectivity index (χ1) is 15.6. The van der Waals surface area contributed by atoms with Gasteiger partial charge in [-0.25, -0.2) is 0 Å². The molecule has 0 fully saturated rings. The monoisotopic (exact) mass is 450 g/mol. The maximum atomic E-state index is 2.49. The quantitative estimate of drug-likeness (QED) is 0.313. The molecule has 4 rings (SSSR count). The molecule has 0 saturated heterocycles. The first-order valence-corrected chi connectivity index (χ1v) is 14.2. The third-order valence-corrected chi connectivity index (χ3v) is 13.8. The average molecular weight is 451 g/mol. The van der Waals surface area contributed by atoms with Crippen LogP contribution < -0.4 is 15.6 Å². The summed E-state index contributed by atoms with van der Waals surface area (Å²) in [4.78, 5) is 0. The van der Waals surface area contributed by atoms with Gasteiger partial charge in [0.2, 0.25) is 0 Å². The standard InChI is InChI=1S/C32H38Si/c1-20-17-21(2)19-29(18-20)33(30-16-11-10-13-22(30)3,31-23(4)14-12-15-24(31)5)32-27(8)25(6)26(7)28(32)9/h10-19,27H,1-9H3. The first kappa shape index (κ1) is 23.5. The van der Waals surface area contributed by atoms with Crippen LogP contribution in [0.25, 0.3) is 0 Å². The summed E-state index contributed by atoms with van der Waals surface area (Å²) >= 11 is 0. The molecule has 0 radical (unpaired) electrons. The van der Waals surface area contributed by atoms with Gasteiger partial charge in [-0.1, -0.05) is 112 Å². The number of hydrogen-bond donors (Lipinski definition) is 0. The molecule has 0 heterocycles. The number of benzene rings is 3. The molecule has 0 aromatic heterocycles. The van der Waals surface area contributed by atoms with E-state index in [1.807, 2.05) is 0 Å². The highest BCUT2D eigenvalue weighted by Gasteiger charge is 2.50. The highest BCUT2D eigenvalue weighted by atomic mass is 28.3. The Kier molecular flexibility index (Phi) is 6.14. The lowest BCUT2D eigenvalue weighted by Gasteiger charge is -2.41. The molecule has 0 aliphatic heterocycles. The van der Waals surface area contributed by atoms with E-state index in [9.17, 15) is 0 Å². The van der Waals surface area contributed by atoms with Crippen LogP contribution in [0.1, 0.15) is 55.5 Å². The topological polar surface area (TPSA) is 0 Å². The fourth-order valence-corrected chi connectivity index (χ4v) is 13.0. The minimum atomic E-state index is -2.56. The Morgan fingerprint density at radius 2 is 1.15 bits per heavy atom. The van der Waals surface area contributed by atoms with Crippen LogP contribution >= 0.6 is 0 Å². The van der Waals surface area contributed by atoms with E-state index in [0.717, 1.165) is 0 Å². The molecule has 0 amide bonds. The Bertz CT molecular complexity index is 1260. The summed E-state index contributed by atoms with van der Waals surface area (Å²) in [7, 11) is -2.56. The molecule has 3 aromatic rings. The Balaban J connectivity index is 2.31. The van der Waals surface area contributed by atoms with Gasteiger partial charge in [0, 0.05) is 0 Å². The molecule has 0 saturated carbocycles. The van der Waals surface area contributed by atoms with Crippen LogP contribution in [0.5, 0.6) is 0 Å². The van der Waals surface area contributed by atoms with Gasteiger partial charge in [0.15, 0.2) is 8.07 Å². The number of hydrogen-bond acceptors (Lipinski definition) is 0. The van der Waals surface area contributed by atoms with Crippen LogP contribution in [0, 0.1) is 40.5 Å². The van der Waals surface area contributed by atoms with Crippen LogP contribution in [0.4, 0.5) is 0 Å². The largest absolute Gasteiger partial charge is 0.177 e. The lowest BCUT2D eigenvalue weighted by atomic mass is 10.1. The molecule has 0 spiro atoms. The first-order valence-electron chi connectivity index (χ1n) is 12.2. The molecule has 0 nitrogen and oxygen atoms in total. The Labute approximate surface area is 202 Å². The third kappa shape index (κ3) is 3.58. The summed E-state index contributed by atoms with van der Waals surface area (Å²) in [6.07, 6.45) is 0. The summed E-state index contributed by atoms with van der Waals surface area (Å²) in [5, 5.41) is 6.31. The Morgan fingerprint density at radius 1 is 0.606 bits per heavy atom. The van der Waals surface area contributed by atoms with Crippen molar-refractivity contribution in [3.8, 4) is 0 Å². The average Bonchev–Trinajstić information content (AvgIpc) is 2.94. The van der Waals surface area contributed by atoms with Crippen molar-refractivity contribution in [1.82, 2.24) is 0 Å². The van der Waals surface area contributed by atoms with Crippen LogP contribution in [0.15, 0.2) is 82.6 Å². The zero-order valence-electron chi connectivity index (χ0n) is 21.9. The molecular formula is C32H38Si. The second-order valence-corrected chi connectivity index (χ2v) is 13.9. The highest BCUT2D eigenvalue weighted by molar-refractivity contribution is 7.17. The zero-order valence-corrected chi connectivity index (χ0v) is 22.9. The van der Waals surface area contributed by atoms with E-state index in [4.69, 9.17) is 0 Å². The van der Waals surface area contributed by atoms with Crippen molar-refractivity contribution in [1.29, 1.82) is 0 Å². The number of aryl methyl sites for hydroxylation is 5. The van der Waals surface area contributed by atoms with Gasteiger partial charge in [-0.3, -0.25) is 0 Å². The molecule has 3 aromatic carbocycles. The third-order valence-electron chi connectivity index (χ3n) is 8.10. The Hall–Kier alpha value is -2.64. The van der Waals surface area contributed by atoms with Gasteiger partial charge in [-0.15, -0.1) is 0 Å². The van der Waals surface area contributed by atoms with Gasteiger partial charge in [-0.05, 0) is 82.4 Å². The summed E-state index contributed by atoms with van der Waals surface area (Å²) < 4.78 is 0. The Morgan fingerprint density at radius 3 is 1.67 bits per heavy atom. The molecule has 2 atom stereocenters. The summed E-state index contributed by atoms with van der Waals surface area (Å²) in [5.41, 5.74) is 11.5. The van der Waals surface area contributed by atoms with Crippen LogP contribution in [-0.2, 0) is 0 Å². The molecule has 2 unspecified atom stereocenters. The van der Waals surface area contributed by atoms with Gasteiger partial charge >= 0.3 is 0 Å². The minimum Gasteiger partial charge on any atom is -0.0636 e. The maximum Gasteiger partial charge on any atom is 0.177 e. The van der Waals surface area contributed by atoms with E-state index < -0.39 is 8.07 Å². The van der Waals surface area contributed by atoms with Gasteiger partial charge in [0.05, 0.1) is 0 Å². The van der Waals surface area contributed by atoms with Crippen molar-refractivity contribution in [2.45, 2.75) is 62.3 Å². The molecular weight excluding hydrogens is 412 g/mol. The molecule has 170 valence electrons. The SMILES string of the molecule is CC1=C(C)C(C)C([Si](c2cc(C)cc(C)c2)(c2ccccc2C)c2c(C)cccc2C)=C1C. The van der Waals surface area contributed by atoms with Crippen molar-refractivity contribution in [3.05, 3.63) is 110 Å². The van der Waals surface area contributed by atoms with Gasteiger partial charge in [-0.2, -0.15) is 0 Å². The van der Waals surface area contributed by atoms with E-state index in [2.05, 4.69) is 123 Å². The van der Waals surface area contributed by atoms with E-state index in [0.29, 0.717) is 5.92 Å². The second-order valence-electron chi connectivity index (χ2n) is 10.3. The second kappa shape index (κ2) is 8.61. The molecule has 1 aliphatic carbocycles. The molecule has 0 bridgehead atoms. The fourth-order valence-electron chi connectivity index (χ4n) is 6.43. The van der Waals surface area contributed by atoms with E-state index in [-0.39, 0.29) is 0 Å². The number of rotatable bonds is 4. The summed E-state index contributed by atoms with van der Waals surface area (Å²) in [6.45, 7) is 21.0. The molecule has 1 aliphatic rings. The normalized spacial score (nSPS) is 18.2. The van der Waals surface area contributed by atoms with Crippen molar-refractivity contribution < 1.29 is 0 Å².